The zero-order valence-electron chi connectivity index (χ0n) is 14.8. The van der Waals surface area contributed by atoms with Gasteiger partial charge in [-0.3, -0.25) is 9.59 Å². The van der Waals surface area contributed by atoms with E-state index in [1.165, 1.54) is 25.7 Å². The van der Waals surface area contributed by atoms with E-state index in [4.69, 9.17) is 0 Å². The van der Waals surface area contributed by atoms with E-state index in [-0.39, 0.29) is 5.69 Å². The van der Waals surface area contributed by atoms with Gasteiger partial charge in [0.15, 0.2) is 0 Å². The van der Waals surface area contributed by atoms with Gasteiger partial charge in [-0.05, 0) is 56.8 Å². The van der Waals surface area contributed by atoms with Crippen LogP contribution in [-0.2, 0) is 9.59 Å². The molecule has 1 aromatic carbocycles. The number of anilines is 1. The maximum Gasteiger partial charge on any atom is 0.313 e. The van der Waals surface area contributed by atoms with Crippen molar-refractivity contribution in [1.82, 2.24) is 10.2 Å². The number of halogens is 2. The average Bonchev–Trinajstić information content (AvgIpc) is 3.17. The van der Waals surface area contributed by atoms with Gasteiger partial charge in [0.25, 0.3) is 0 Å². The third-order valence-electron chi connectivity index (χ3n) is 5.43. The maximum atomic E-state index is 13.5. The number of benzene rings is 1. The third-order valence-corrected chi connectivity index (χ3v) is 5.43. The first-order valence-corrected chi connectivity index (χ1v) is 9.31. The topological polar surface area (TPSA) is 61.4 Å². The number of likely N-dealkylation sites (tertiary alicyclic amines) is 1. The molecular weight excluding hydrogens is 340 g/mol. The molecule has 0 atom stereocenters. The van der Waals surface area contributed by atoms with Crippen LogP contribution in [-0.4, -0.2) is 42.4 Å². The van der Waals surface area contributed by atoms with Crippen molar-refractivity contribution in [2.75, 3.05) is 25.0 Å². The molecule has 0 spiro atoms. The number of rotatable bonds is 4. The highest BCUT2D eigenvalue weighted by Crippen LogP contribution is 2.27. The number of carbonyl (C=O) groups excluding carboxylic acids is 2. The second-order valence-electron chi connectivity index (χ2n) is 7.21. The van der Waals surface area contributed by atoms with Crippen molar-refractivity contribution in [3.05, 3.63) is 29.8 Å². The van der Waals surface area contributed by atoms with Gasteiger partial charge in [-0.25, -0.2) is 8.78 Å². The van der Waals surface area contributed by atoms with E-state index in [9.17, 15) is 18.4 Å². The fourth-order valence-electron chi connectivity index (χ4n) is 3.88. The lowest BCUT2D eigenvalue weighted by molar-refractivity contribution is -0.136. The average molecular weight is 365 g/mol. The van der Waals surface area contributed by atoms with Gasteiger partial charge in [-0.2, -0.15) is 0 Å². The van der Waals surface area contributed by atoms with Crippen molar-refractivity contribution in [2.45, 2.75) is 44.6 Å². The van der Waals surface area contributed by atoms with Crippen LogP contribution < -0.4 is 10.6 Å². The molecule has 0 bridgehead atoms. The molecule has 1 aromatic rings. The zero-order chi connectivity index (χ0) is 18.5. The lowest BCUT2D eigenvalue weighted by Crippen LogP contribution is -2.44. The van der Waals surface area contributed by atoms with Gasteiger partial charge in [0.1, 0.15) is 11.6 Å². The Morgan fingerprint density at radius 1 is 1.04 bits per heavy atom. The van der Waals surface area contributed by atoms with Gasteiger partial charge < -0.3 is 15.5 Å². The molecular formula is C19H25F2N3O2. The van der Waals surface area contributed by atoms with Gasteiger partial charge in [0.05, 0.1) is 5.69 Å². The van der Waals surface area contributed by atoms with Gasteiger partial charge in [-0.15, -0.1) is 0 Å². The molecule has 1 saturated carbocycles. The number of hydrogen-bond acceptors (Lipinski definition) is 3. The summed E-state index contributed by atoms with van der Waals surface area (Å²) in [5, 5.41) is 4.79. The van der Waals surface area contributed by atoms with E-state index in [1.807, 2.05) is 0 Å². The minimum atomic E-state index is -0.945. The van der Waals surface area contributed by atoms with Gasteiger partial charge in [0.2, 0.25) is 0 Å². The lowest BCUT2D eigenvalue weighted by atomic mass is 9.95. The number of piperidine rings is 1. The standard InChI is InChI=1S/C19H25F2N3O2/c20-14-5-6-17(16(21)11-14)23-19(26)18(25)22-12-13-7-9-24(10-8-13)15-3-1-2-4-15/h5-6,11,13,15H,1-4,7-10,12H2,(H,22,25)(H,23,26). The van der Waals surface area contributed by atoms with E-state index in [2.05, 4.69) is 15.5 Å². The predicted octanol–water partition coefficient (Wildman–Crippen LogP) is 2.67. The molecule has 5 nitrogen and oxygen atoms in total. The summed E-state index contributed by atoms with van der Waals surface area (Å²) in [7, 11) is 0. The molecule has 3 rings (SSSR count). The number of nitrogens with zero attached hydrogens (tertiary/aromatic N) is 1. The van der Waals surface area contributed by atoms with Crippen molar-refractivity contribution >= 4 is 17.5 Å². The summed E-state index contributed by atoms with van der Waals surface area (Å²) in [6.45, 7) is 2.52. The summed E-state index contributed by atoms with van der Waals surface area (Å²) in [4.78, 5) is 26.3. The molecule has 1 heterocycles. The van der Waals surface area contributed by atoms with Crippen molar-refractivity contribution < 1.29 is 18.4 Å². The Labute approximate surface area is 152 Å². The van der Waals surface area contributed by atoms with Crippen LogP contribution in [0.1, 0.15) is 38.5 Å². The highest BCUT2D eigenvalue weighted by atomic mass is 19.1. The number of hydrogen-bond donors (Lipinski definition) is 2. The van der Waals surface area contributed by atoms with E-state index >= 15 is 0 Å². The van der Waals surface area contributed by atoms with Crippen LogP contribution in [0.25, 0.3) is 0 Å². The normalized spacial score (nSPS) is 19.5. The quantitative estimate of drug-likeness (QED) is 0.807. The van der Waals surface area contributed by atoms with Crippen molar-refractivity contribution in [2.24, 2.45) is 5.92 Å². The Balaban J connectivity index is 1.40. The molecule has 0 unspecified atom stereocenters. The maximum absolute atomic E-state index is 13.5. The van der Waals surface area contributed by atoms with E-state index in [0.29, 0.717) is 18.5 Å². The van der Waals surface area contributed by atoms with E-state index in [1.54, 1.807) is 0 Å². The molecule has 1 saturated heterocycles. The summed E-state index contributed by atoms with van der Waals surface area (Å²) >= 11 is 0. The smallest absolute Gasteiger partial charge is 0.313 e. The molecule has 0 aromatic heterocycles. The Bertz CT molecular complexity index is 654. The van der Waals surface area contributed by atoms with E-state index in [0.717, 1.165) is 44.1 Å². The molecule has 26 heavy (non-hydrogen) atoms. The molecule has 2 amide bonds. The SMILES string of the molecule is O=C(NCC1CCN(C2CCCC2)CC1)C(=O)Nc1ccc(F)cc1F. The number of carbonyl (C=O) groups is 2. The predicted molar refractivity (Wildman–Crippen MR) is 94.6 cm³/mol. The van der Waals surface area contributed by atoms with Crippen LogP contribution >= 0.6 is 0 Å². The summed E-state index contributed by atoms with van der Waals surface area (Å²) in [6.07, 6.45) is 7.24. The van der Waals surface area contributed by atoms with Crippen molar-refractivity contribution in [1.29, 1.82) is 0 Å². The van der Waals surface area contributed by atoms with Crippen LogP contribution in [0.2, 0.25) is 0 Å². The Morgan fingerprint density at radius 2 is 1.73 bits per heavy atom. The summed E-state index contributed by atoms with van der Waals surface area (Å²) in [6, 6.07) is 3.50. The second-order valence-corrected chi connectivity index (χ2v) is 7.21. The monoisotopic (exact) mass is 365 g/mol. The fraction of sp³-hybridized carbons (Fsp3) is 0.579. The van der Waals surface area contributed by atoms with Gasteiger partial charge in [-0.1, -0.05) is 12.8 Å². The first kappa shape index (κ1) is 18.8. The Morgan fingerprint density at radius 3 is 2.38 bits per heavy atom. The molecule has 2 N–H and O–H groups in total. The molecule has 142 valence electrons. The Kier molecular flexibility index (Phi) is 6.19. The van der Waals surface area contributed by atoms with Gasteiger partial charge in [0, 0.05) is 18.7 Å². The highest BCUT2D eigenvalue weighted by molar-refractivity contribution is 6.39. The lowest BCUT2D eigenvalue weighted by Gasteiger charge is -2.36. The van der Waals surface area contributed by atoms with Gasteiger partial charge >= 0.3 is 11.8 Å². The minimum Gasteiger partial charge on any atom is -0.348 e. The number of amides is 2. The van der Waals surface area contributed by atoms with Crippen LogP contribution in [0.3, 0.4) is 0 Å². The summed E-state index contributed by atoms with van der Waals surface area (Å²) < 4.78 is 26.4. The van der Waals surface area contributed by atoms with Crippen LogP contribution in [0.5, 0.6) is 0 Å². The summed E-state index contributed by atoms with van der Waals surface area (Å²) in [5.41, 5.74) is -0.212. The first-order valence-electron chi connectivity index (χ1n) is 9.31. The Hall–Kier alpha value is -2.02. The largest absolute Gasteiger partial charge is 0.348 e. The second kappa shape index (κ2) is 8.58. The first-order chi connectivity index (χ1) is 12.5. The molecule has 2 fully saturated rings. The zero-order valence-corrected chi connectivity index (χ0v) is 14.8. The number of nitrogens with one attached hydrogen (secondary N) is 2. The van der Waals surface area contributed by atoms with Crippen LogP contribution in [0, 0.1) is 17.6 Å². The highest BCUT2D eigenvalue weighted by Gasteiger charge is 2.27. The third kappa shape index (κ3) is 4.78. The minimum absolute atomic E-state index is 0.212. The molecule has 1 aliphatic carbocycles. The molecule has 2 aliphatic rings. The van der Waals surface area contributed by atoms with Crippen molar-refractivity contribution in [3.8, 4) is 0 Å². The molecule has 7 heteroatoms. The molecule has 0 radical (unpaired) electrons. The van der Waals surface area contributed by atoms with Crippen molar-refractivity contribution in [3.63, 3.8) is 0 Å². The van der Waals surface area contributed by atoms with Crippen LogP contribution in [0.15, 0.2) is 18.2 Å². The molecule has 1 aliphatic heterocycles. The van der Waals surface area contributed by atoms with Crippen LogP contribution in [0.4, 0.5) is 14.5 Å². The van der Waals surface area contributed by atoms with E-state index < -0.39 is 23.4 Å². The summed E-state index contributed by atoms with van der Waals surface area (Å²) in [5.74, 6) is -3.04. The fourth-order valence-corrected chi connectivity index (χ4v) is 3.88.